The minimum Gasteiger partial charge on any atom is -0.356 e. The highest BCUT2D eigenvalue weighted by Gasteiger charge is 2.13. The molecule has 0 atom stereocenters. The molecule has 0 aliphatic rings. The molecule has 1 aromatic carbocycles. The number of unbranched alkanes of at least 4 members (excludes halogenated alkanes) is 1. The number of methoxy groups -OCH3 is 2. The average Bonchev–Trinajstić information content (AvgIpc) is 2.54. The van der Waals surface area contributed by atoms with Crippen LogP contribution in [-0.2, 0) is 23.8 Å². The van der Waals surface area contributed by atoms with E-state index in [0.29, 0.717) is 6.42 Å². The Morgan fingerprint density at radius 2 is 1.65 bits per heavy atom. The second kappa shape index (κ2) is 10.5. The Balaban J connectivity index is 2.23. The molecule has 0 fully saturated rings. The van der Waals surface area contributed by atoms with E-state index in [9.17, 15) is 8.42 Å². The summed E-state index contributed by atoms with van der Waals surface area (Å²) in [5.74, 6) is 0. The van der Waals surface area contributed by atoms with Gasteiger partial charge in [0.25, 0.3) is 10.1 Å². The van der Waals surface area contributed by atoms with E-state index in [2.05, 4.69) is 0 Å². The molecule has 0 aromatic heterocycles. The molecule has 0 unspecified atom stereocenters. The molecule has 0 radical (unpaired) electrons. The highest BCUT2D eigenvalue weighted by atomic mass is 32.2. The molecule has 0 aliphatic carbocycles. The second-order valence-corrected chi connectivity index (χ2v) is 6.80. The summed E-state index contributed by atoms with van der Waals surface area (Å²) in [6.07, 6.45) is 6.95. The maximum Gasteiger partial charge on any atom is 0.296 e. The molecule has 23 heavy (non-hydrogen) atoms. The Bertz CT molecular complexity index is 559. The van der Waals surface area contributed by atoms with Crippen LogP contribution in [0.4, 0.5) is 0 Å². The molecule has 0 heterocycles. The highest BCUT2D eigenvalue weighted by Crippen LogP contribution is 2.13. The third kappa shape index (κ3) is 7.74. The highest BCUT2D eigenvalue weighted by molar-refractivity contribution is 7.86. The van der Waals surface area contributed by atoms with Crippen LogP contribution in [0.25, 0.3) is 0 Å². The lowest BCUT2D eigenvalue weighted by atomic mass is 10.2. The lowest BCUT2D eigenvalue weighted by Gasteiger charge is -2.10. The van der Waals surface area contributed by atoms with Crippen LogP contribution in [0.3, 0.4) is 0 Å². The van der Waals surface area contributed by atoms with Crippen molar-refractivity contribution in [2.75, 3.05) is 20.8 Å². The summed E-state index contributed by atoms with van der Waals surface area (Å²) in [6, 6.07) is 6.64. The number of hydrogen-bond donors (Lipinski definition) is 0. The van der Waals surface area contributed by atoms with Crippen LogP contribution in [0.2, 0.25) is 0 Å². The lowest BCUT2D eigenvalue weighted by Crippen LogP contribution is -2.11. The van der Waals surface area contributed by atoms with Crippen LogP contribution in [0.15, 0.2) is 41.3 Å². The van der Waals surface area contributed by atoms with Crippen LogP contribution < -0.4 is 0 Å². The lowest BCUT2D eigenvalue weighted by molar-refractivity contribution is -0.105. The van der Waals surface area contributed by atoms with Gasteiger partial charge in [-0.1, -0.05) is 29.8 Å². The van der Waals surface area contributed by atoms with Gasteiger partial charge in [0.15, 0.2) is 6.29 Å². The van der Waals surface area contributed by atoms with Crippen LogP contribution in [-0.4, -0.2) is 35.5 Å². The van der Waals surface area contributed by atoms with Gasteiger partial charge >= 0.3 is 0 Å². The Morgan fingerprint density at radius 1 is 1.04 bits per heavy atom. The zero-order valence-corrected chi connectivity index (χ0v) is 14.8. The number of aryl methyl sites for hydroxylation is 1. The fraction of sp³-hybridized carbons (Fsp3) is 0.529. The van der Waals surface area contributed by atoms with Crippen molar-refractivity contribution in [3.63, 3.8) is 0 Å². The fourth-order valence-corrected chi connectivity index (χ4v) is 2.89. The Hall–Kier alpha value is -1.21. The summed E-state index contributed by atoms with van der Waals surface area (Å²) in [5, 5.41) is 0. The first-order valence-corrected chi connectivity index (χ1v) is 9.07. The van der Waals surface area contributed by atoms with Crippen LogP contribution in [0.5, 0.6) is 0 Å². The summed E-state index contributed by atoms with van der Waals surface area (Å²) >= 11 is 0. The molecular weight excluding hydrogens is 316 g/mol. The van der Waals surface area contributed by atoms with E-state index in [1.165, 1.54) is 0 Å². The van der Waals surface area contributed by atoms with E-state index in [1.807, 2.05) is 19.1 Å². The summed E-state index contributed by atoms with van der Waals surface area (Å²) in [6.45, 7) is 2.09. The first-order chi connectivity index (χ1) is 11.0. The van der Waals surface area contributed by atoms with Crippen molar-refractivity contribution in [2.24, 2.45) is 0 Å². The molecule has 0 aliphatic heterocycles. The molecule has 1 aromatic rings. The van der Waals surface area contributed by atoms with Crippen LogP contribution in [0, 0.1) is 6.92 Å². The van der Waals surface area contributed by atoms with Gasteiger partial charge in [-0.2, -0.15) is 8.42 Å². The standard InChI is InChI=1S/C17H26O5S/c1-15-10-12-16(13-11-15)23(18,19)22-14-8-6-4-5-7-9-17(20-2)21-3/h4-5,10-13,17H,6-9,14H2,1-3H3/b5-4-. The van der Waals surface area contributed by atoms with Crippen molar-refractivity contribution in [1.82, 2.24) is 0 Å². The average molecular weight is 342 g/mol. The molecule has 5 nitrogen and oxygen atoms in total. The predicted octanol–water partition coefficient (Wildman–Crippen LogP) is 3.44. The van der Waals surface area contributed by atoms with Gasteiger partial charge in [-0.25, -0.2) is 0 Å². The van der Waals surface area contributed by atoms with Gasteiger partial charge in [0, 0.05) is 20.6 Å². The summed E-state index contributed by atoms with van der Waals surface area (Å²) in [4.78, 5) is 0.198. The van der Waals surface area contributed by atoms with Gasteiger partial charge in [-0.05, 0) is 38.3 Å². The van der Waals surface area contributed by atoms with Crippen molar-refractivity contribution in [1.29, 1.82) is 0 Å². The third-order valence-electron chi connectivity index (χ3n) is 3.32. The molecule has 0 amide bonds. The van der Waals surface area contributed by atoms with Gasteiger partial charge in [0.05, 0.1) is 11.5 Å². The van der Waals surface area contributed by atoms with E-state index < -0.39 is 10.1 Å². The van der Waals surface area contributed by atoms with Crippen molar-refractivity contribution >= 4 is 10.1 Å². The molecule has 1 rings (SSSR count). The normalized spacial score (nSPS) is 12.3. The number of rotatable bonds is 11. The first-order valence-electron chi connectivity index (χ1n) is 7.66. The molecule has 130 valence electrons. The molecule has 0 spiro atoms. The molecule has 0 saturated carbocycles. The number of allylic oxidation sites excluding steroid dienone is 2. The van der Waals surface area contributed by atoms with Gasteiger partial charge in [-0.3, -0.25) is 4.18 Å². The first kappa shape index (κ1) is 19.8. The number of ether oxygens (including phenoxy) is 2. The Kier molecular flexibility index (Phi) is 9.09. The molecule has 0 N–H and O–H groups in total. The smallest absolute Gasteiger partial charge is 0.296 e. The van der Waals surface area contributed by atoms with E-state index >= 15 is 0 Å². The van der Waals surface area contributed by atoms with E-state index in [-0.39, 0.29) is 17.8 Å². The van der Waals surface area contributed by atoms with Crippen molar-refractivity contribution < 1.29 is 22.1 Å². The Morgan fingerprint density at radius 3 is 2.26 bits per heavy atom. The van der Waals surface area contributed by atoms with Gasteiger partial charge < -0.3 is 9.47 Å². The van der Waals surface area contributed by atoms with Crippen LogP contribution >= 0.6 is 0 Å². The van der Waals surface area contributed by atoms with Crippen LogP contribution in [0.1, 0.15) is 31.2 Å². The van der Waals surface area contributed by atoms with Crippen molar-refractivity contribution in [3.05, 3.63) is 42.0 Å². The molecule has 0 bridgehead atoms. The summed E-state index contributed by atoms with van der Waals surface area (Å²) in [5.41, 5.74) is 1.01. The Labute approximate surface area is 139 Å². The van der Waals surface area contributed by atoms with E-state index in [1.54, 1.807) is 38.5 Å². The van der Waals surface area contributed by atoms with E-state index in [0.717, 1.165) is 24.8 Å². The quantitative estimate of drug-likeness (QED) is 0.267. The topological polar surface area (TPSA) is 61.8 Å². The summed E-state index contributed by atoms with van der Waals surface area (Å²) < 4.78 is 39.1. The van der Waals surface area contributed by atoms with Crippen molar-refractivity contribution in [2.45, 2.75) is 43.8 Å². The minimum atomic E-state index is -3.65. The SMILES string of the molecule is COC(CC/C=C\CCCOS(=O)(=O)c1ccc(C)cc1)OC. The monoisotopic (exact) mass is 342 g/mol. The maximum atomic E-state index is 12.0. The maximum absolute atomic E-state index is 12.0. The molecule has 6 heteroatoms. The van der Waals surface area contributed by atoms with Gasteiger partial charge in [-0.15, -0.1) is 0 Å². The van der Waals surface area contributed by atoms with E-state index in [4.69, 9.17) is 13.7 Å². The third-order valence-corrected chi connectivity index (χ3v) is 4.65. The fourth-order valence-electron chi connectivity index (χ4n) is 1.94. The van der Waals surface area contributed by atoms with Gasteiger partial charge in [0.2, 0.25) is 0 Å². The molecule has 0 saturated heterocycles. The second-order valence-electron chi connectivity index (χ2n) is 5.18. The number of hydrogen-bond acceptors (Lipinski definition) is 5. The number of benzene rings is 1. The molecular formula is C17H26O5S. The zero-order valence-electron chi connectivity index (χ0n) is 14.0. The zero-order chi connectivity index (χ0) is 17.1. The minimum absolute atomic E-state index is 0.178. The van der Waals surface area contributed by atoms with Crippen molar-refractivity contribution in [3.8, 4) is 0 Å². The largest absolute Gasteiger partial charge is 0.356 e. The summed E-state index contributed by atoms with van der Waals surface area (Å²) in [7, 11) is -0.420. The van der Waals surface area contributed by atoms with Gasteiger partial charge in [0.1, 0.15) is 0 Å². The predicted molar refractivity (Wildman–Crippen MR) is 89.7 cm³/mol.